The van der Waals surface area contributed by atoms with Gasteiger partial charge in [0, 0.05) is 26.1 Å². The lowest BCUT2D eigenvalue weighted by molar-refractivity contribution is -0.137. The lowest BCUT2D eigenvalue weighted by Gasteiger charge is -2.23. The van der Waals surface area contributed by atoms with Gasteiger partial charge in [-0.25, -0.2) is 0 Å². The smallest absolute Gasteiger partial charge is 0.264 e. The van der Waals surface area contributed by atoms with E-state index >= 15 is 0 Å². The molecule has 1 amide bonds. The zero-order valence-corrected chi connectivity index (χ0v) is 12.2. The molecule has 1 fully saturated rings. The van der Waals surface area contributed by atoms with Gasteiger partial charge in [-0.2, -0.15) is 0 Å². The van der Waals surface area contributed by atoms with Crippen molar-refractivity contribution >= 4 is 5.91 Å². The quantitative estimate of drug-likeness (QED) is 0.842. The van der Waals surface area contributed by atoms with Crippen LogP contribution in [0, 0.1) is 13.8 Å². The summed E-state index contributed by atoms with van der Waals surface area (Å²) in [5.74, 6) is 1.03. The fraction of sp³-hybridized carbons (Fsp3) is 0.562. The Labute approximate surface area is 120 Å². The molecule has 1 aromatic carbocycles. The van der Waals surface area contributed by atoms with Gasteiger partial charge in [0.15, 0.2) is 6.10 Å². The van der Waals surface area contributed by atoms with Crippen LogP contribution in [0.25, 0.3) is 0 Å². The third-order valence-electron chi connectivity index (χ3n) is 4.28. The zero-order valence-electron chi connectivity index (χ0n) is 12.2. The van der Waals surface area contributed by atoms with E-state index in [2.05, 4.69) is 31.3 Å². The summed E-state index contributed by atoms with van der Waals surface area (Å²) < 4.78 is 5.89. The van der Waals surface area contributed by atoms with Gasteiger partial charge in [-0.1, -0.05) is 6.07 Å². The van der Waals surface area contributed by atoms with Crippen molar-refractivity contribution in [3.63, 3.8) is 0 Å². The molecule has 0 saturated carbocycles. The van der Waals surface area contributed by atoms with E-state index in [1.54, 1.807) is 0 Å². The molecule has 1 saturated heterocycles. The molecule has 4 heteroatoms. The topological polar surface area (TPSA) is 41.6 Å². The number of fused-ring (bicyclic) bond motifs is 1. The summed E-state index contributed by atoms with van der Waals surface area (Å²) in [6, 6.07) is 4.21. The van der Waals surface area contributed by atoms with Gasteiger partial charge in [0.05, 0.1) is 0 Å². The molecular formula is C16H22N2O2. The highest BCUT2D eigenvalue weighted by Crippen LogP contribution is 2.32. The molecule has 1 atom stereocenters. The molecule has 2 aliphatic heterocycles. The molecule has 0 bridgehead atoms. The molecule has 1 N–H and O–H groups in total. The predicted octanol–water partition coefficient (Wildman–Crippen LogP) is 1.43. The summed E-state index contributed by atoms with van der Waals surface area (Å²) in [5, 5.41) is 3.32. The Morgan fingerprint density at radius 2 is 2.05 bits per heavy atom. The summed E-state index contributed by atoms with van der Waals surface area (Å²) in [6.07, 6.45) is 1.40. The molecule has 108 valence electrons. The minimum atomic E-state index is -0.329. The number of carbonyl (C=O) groups is 1. The van der Waals surface area contributed by atoms with Crippen LogP contribution in [-0.2, 0) is 11.2 Å². The first-order valence-electron chi connectivity index (χ1n) is 7.41. The fourth-order valence-electron chi connectivity index (χ4n) is 2.92. The van der Waals surface area contributed by atoms with Gasteiger partial charge >= 0.3 is 0 Å². The molecule has 0 spiro atoms. The Morgan fingerprint density at radius 3 is 2.90 bits per heavy atom. The highest BCUT2D eigenvalue weighted by Gasteiger charge is 2.32. The van der Waals surface area contributed by atoms with Crippen LogP contribution in [0.2, 0.25) is 0 Å². The van der Waals surface area contributed by atoms with Crippen molar-refractivity contribution in [2.24, 2.45) is 0 Å². The Kier molecular flexibility index (Phi) is 3.66. The van der Waals surface area contributed by atoms with Crippen molar-refractivity contribution in [3.05, 3.63) is 28.8 Å². The van der Waals surface area contributed by atoms with Crippen LogP contribution in [0.4, 0.5) is 0 Å². The largest absolute Gasteiger partial charge is 0.480 e. The number of ether oxygens (including phenoxy) is 1. The van der Waals surface area contributed by atoms with E-state index in [0.29, 0.717) is 6.42 Å². The molecule has 3 rings (SSSR count). The lowest BCUT2D eigenvalue weighted by atomic mass is 10.0. The monoisotopic (exact) mass is 274 g/mol. The number of nitrogens with one attached hydrogen (secondary N) is 1. The van der Waals surface area contributed by atoms with Crippen LogP contribution in [0.3, 0.4) is 0 Å². The summed E-state index contributed by atoms with van der Waals surface area (Å²) in [6.45, 7) is 7.67. The minimum Gasteiger partial charge on any atom is -0.480 e. The Morgan fingerprint density at radius 1 is 1.25 bits per heavy atom. The second kappa shape index (κ2) is 5.44. The van der Waals surface area contributed by atoms with Gasteiger partial charge in [0.2, 0.25) is 0 Å². The number of rotatable bonds is 1. The Bertz CT molecular complexity index is 488. The average molecular weight is 274 g/mol. The number of benzene rings is 1. The molecule has 20 heavy (non-hydrogen) atoms. The van der Waals surface area contributed by atoms with Crippen LogP contribution >= 0.6 is 0 Å². The molecule has 0 aliphatic carbocycles. The van der Waals surface area contributed by atoms with Crippen molar-refractivity contribution in [2.75, 3.05) is 26.2 Å². The van der Waals surface area contributed by atoms with E-state index in [0.717, 1.165) is 38.3 Å². The number of hydrogen-bond donors (Lipinski definition) is 1. The van der Waals surface area contributed by atoms with E-state index in [1.165, 1.54) is 16.7 Å². The highest BCUT2D eigenvalue weighted by molar-refractivity contribution is 5.82. The standard InChI is InChI=1S/C16H22N2O2/c1-11-8-13-10-15(20-14(13)9-12(11)2)16(19)18-6-3-4-17-5-7-18/h8-9,15,17H,3-7,10H2,1-2H3. The molecule has 1 aromatic rings. The molecule has 2 aliphatic rings. The van der Waals surface area contributed by atoms with Gasteiger partial charge in [0.25, 0.3) is 5.91 Å². The summed E-state index contributed by atoms with van der Waals surface area (Å²) in [5.41, 5.74) is 3.65. The van der Waals surface area contributed by atoms with Crippen LogP contribution in [0.5, 0.6) is 5.75 Å². The number of carbonyl (C=O) groups excluding carboxylic acids is 1. The maximum absolute atomic E-state index is 12.6. The summed E-state index contributed by atoms with van der Waals surface area (Å²) >= 11 is 0. The van der Waals surface area contributed by atoms with Gasteiger partial charge in [-0.05, 0) is 49.6 Å². The molecular weight excluding hydrogens is 252 g/mol. The maximum Gasteiger partial charge on any atom is 0.264 e. The molecule has 2 heterocycles. The Hall–Kier alpha value is -1.55. The number of hydrogen-bond acceptors (Lipinski definition) is 3. The van der Waals surface area contributed by atoms with E-state index in [4.69, 9.17) is 4.74 Å². The SMILES string of the molecule is Cc1cc2c(cc1C)OC(C(=O)N1CCCNCC1)C2. The van der Waals surface area contributed by atoms with Crippen molar-refractivity contribution in [2.45, 2.75) is 32.8 Å². The van der Waals surface area contributed by atoms with Crippen molar-refractivity contribution in [1.82, 2.24) is 10.2 Å². The number of nitrogens with zero attached hydrogens (tertiary/aromatic N) is 1. The van der Waals surface area contributed by atoms with Crippen LogP contribution in [0.15, 0.2) is 12.1 Å². The lowest BCUT2D eigenvalue weighted by Crippen LogP contribution is -2.43. The first-order chi connectivity index (χ1) is 9.65. The van der Waals surface area contributed by atoms with E-state index in [1.807, 2.05) is 4.90 Å². The average Bonchev–Trinajstić information content (AvgIpc) is 2.66. The molecule has 0 radical (unpaired) electrons. The van der Waals surface area contributed by atoms with Crippen molar-refractivity contribution in [3.8, 4) is 5.75 Å². The minimum absolute atomic E-state index is 0.139. The third-order valence-corrected chi connectivity index (χ3v) is 4.28. The second-order valence-electron chi connectivity index (χ2n) is 5.78. The normalized spacial score (nSPS) is 22.1. The van der Waals surface area contributed by atoms with Gasteiger partial charge < -0.3 is 15.0 Å². The summed E-state index contributed by atoms with van der Waals surface area (Å²) in [4.78, 5) is 14.5. The molecule has 0 aromatic heterocycles. The third kappa shape index (κ3) is 2.52. The molecule has 4 nitrogen and oxygen atoms in total. The van der Waals surface area contributed by atoms with Crippen LogP contribution in [0.1, 0.15) is 23.1 Å². The van der Waals surface area contributed by atoms with E-state index < -0.39 is 0 Å². The van der Waals surface area contributed by atoms with Crippen LogP contribution in [-0.4, -0.2) is 43.1 Å². The van der Waals surface area contributed by atoms with E-state index in [-0.39, 0.29) is 12.0 Å². The fourth-order valence-corrected chi connectivity index (χ4v) is 2.92. The first kappa shape index (κ1) is 13.4. The van der Waals surface area contributed by atoms with Crippen LogP contribution < -0.4 is 10.1 Å². The predicted molar refractivity (Wildman–Crippen MR) is 78.1 cm³/mol. The summed E-state index contributed by atoms with van der Waals surface area (Å²) in [7, 11) is 0. The molecule has 1 unspecified atom stereocenters. The van der Waals surface area contributed by atoms with Crippen molar-refractivity contribution in [1.29, 1.82) is 0 Å². The van der Waals surface area contributed by atoms with Crippen molar-refractivity contribution < 1.29 is 9.53 Å². The van der Waals surface area contributed by atoms with Gasteiger partial charge in [0.1, 0.15) is 5.75 Å². The second-order valence-corrected chi connectivity index (χ2v) is 5.78. The number of aryl methyl sites for hydroxylation is 2. The first-order valence-corrected chi connectivity index (χ1v) is 7.41. The maximum atomic E-state index is 12.6. The Balaban J connectivity index is 1.72. The van der Waals surface area contributed by atoms with E-state index in [9.17, 15) is 4.79 Å². The van der Waals surface area contributed by atoms with Gasteiger partial charge in [-0.3, -0.25) is 4.79 Å². The number of amides is 1. The van der Waals surface area contributed by atoms with Gasteiger partial charge in [-0.15, -0.1) is 0 Å². The zero-order chi connectivity index (χ0) is 14.1. The highest BCUT2D eigenvalue weighted by atomic mass is 16.5.